The summed E-state index contributed by atoms with van der Waals surface area (Å²) in [5.41, 5.74) is 0.0235. The number of rotatable bonds is 6. The lowest BCUT2D eigenvalue weighted by molar-refractivity contribution is -0.386. The van der Waals surface area contributed by atoms with Crippen LogP contribution in [-0.2, 0) is 0 Å². The molecule has 2 rings (SSSR count). The highest BCUT2D eigenvalue weighted by Crippen LogP contribution is 2.30. The molecule has 1 fully saturated rings. The summed E-state index contributed by atoms with van der Waals surface area (Å²) in [6, 6.07) is 4.13. The van der Waals surface area contributed by atoms with Crippen molar-refractivity contribution >= 4 is 11.5 Å². The number of hydrogen-bond donors (Lipinski definition) is 1. The standard InChI is InChI=1S/C16H21NO5/c1-11(18)13-7-8-16(14(9-13)17(20)21)22-10-15(19)12-5-3-2-4-6-12/h7-9,12,15,19H,2-6,10H2,1H3/t15-/m0/s1. The van der Waals surface area contributed by atoms with E-state index in [2.05, 4.69) is 0 Å². The van der Waals surface area contributed by atoms with Gasteiger partial charge in [-0.25, -0.2) is 0 Å². The zero-order valence-electron chi connectivity index (χ0n) is 12.7. The van der Waals surface area contributed by atoms with Gasteiger partial charge in [0.05, 0.1) is 11.0 Å². The Morgan fingerprint density at radius 2 is 2.09 bits per heavy atom. The highest BCUT2D eigenvalue weighted by atomic mass is 16.6. The first-order valence-corrected chi connectivity index (χ1v) is 7.59. The van der Waals surface area contributed by atoms with E-state index in [1.54, 1.807) is 0 Å². The van der Waals surface area contributed by atoms with E-state index in [9.17, 15) is 20.0 Å². The number of nitro benzene ring substituents is 1. The van der Waals surface area contributed by atoms with Crippen molar-refractivity contribution in [2.45, 2.75) is 45.1 Å². The molecule has 0 heterocycles. The predicted octanol–water partition coefficient (Wildman–Crippen LogP) is 3.12. The van der Waals surface area contributed by atoms with E-state index in [0.717, 1.165) is 25.7 Å². The number of hydrogen-bond acceptors (Lipinski definition) is 5. The smallest absolute Gasteiger partial charge is 0.311 e. The fourth-order valence-corrected chi connectivity index (χ4v) is 2.83. The van der Waals surface area contributed by atoms with Crippen LogP contribution in [0.5, 0.6) is 5.75 Å². The molecule has 0 bridgehead atoms. The molecule has 22 heavy (non-hydrogen) atoms. The number of ketones is 1. The van der Waals surface area contributed by atoms with Gasteiger partial charge in [-0.05, 0) is 37.8 Å². The summed E-state index contributed by atoms with van der Waals surface area (Å²) in [6.45, 7) is 1.39. The fourth-order valence-electron chi connectivity index (χ4n) is 2.83. The van der Waals surface area contributed by atoms with Gasteiger partial charge in [0.25, 0.3) is 0 Å². The summed E-state index contributed by atoms with van der Waals surface area (Å²) < 4.78 is 5.45. The summed E-state index contributed by atoms with van der Waals surface area (Å²) in [6.07, 6.45) is 4.73. The Kier molecular flexibility index (Phi) is 5.49. The van der Waals surface area contributed by atoms with Gasteiger partial charge in [-0.1, -0.05) is 19.3 Å². The minimum absolute atomic E-state index is 0.0327. The van der Waals surface area contributed by atoms with Crippen LogP contribution in [0.3, 0.4) is 0 Å². The van der Waals surface area contributed by atoms with E-state index < -0.39 is 11.0 Å². The van der Waals surface area contributed by atoms with Crippen molar-refractivity contribution in [3.8, 4) is 5.75 Å². The number of benzene rings is 1. The van der Waals surface area contributed by atoms with Crippen LogP contribution in [0.15, 0.2) is 18.2 Å². The SMILES string of the molecule is CC(=O)c1ccc(OC[C@H](O)C2CCCCC2)c([N+](=O)[O-])c1. The Morgan fingerprint density at radius 1 is 1.41 bits per heavy atom. The van der Waals surface area contributed by atoms with Crippen molar-refractivity contribution in [3.63, 3.8) is 0 Å². The molecule has 1 saturated carbocycles. The Bertz CT molecular complexity index is 551. The molecule has 0 unspecified atom stereocenters. The van der Waals surface area contributed by atoms with Crippen LogP contribution in [0, 0.1) is 16.0 Å². The number of carbonyl (C=O) groups excluding carboxylic acids is 1. The molecule has 0 aromatic heterocycles. The van der Waals surface area contributed by atoms with Gasteiger partial charge in [-0.15, -0.1) is 0 Å². The predicted molar refractivity (Wildman–Crippen MR) is 81.2 cm³/mol. The van der Waals surface area contributed by atoms with E-state index in [4.69, 9.17) is 4.74 Å². The van der Waals surface area contributed by atoms with Gasteiger partial charge >= 0.3 is 5.69 Å². The first-order chi connectivity index (χ1) is 10.5. The third kappa shape index (κ3) is 4.04. The molecular weight excluding hydrogens is 286 g/mol. The average Bonchev–Trinajstić information content (AvgIpc) is 2.53. The summed E-state index contributed by atoms with van der Waals surface area (Å²) in [5.74, 6) is 0.0473. The molecule has 1 aromatic rings. The molecule has 1 atom stereocenters. The quantitative estimate of drug-likeness (QED) is 0.495. The van der Waals surface area contributed by atoms with Crippen LogP contribution in [0.25, 0.3) is 0 Å². The number of nitrogens with zero attached hydrogens (tertiary/aromatic N) is 1. The van der Waals surface area contributed by atoms with E-state index in [-0.39, 0.29) is 35.3 Å². The minimum Gasteiger partial charge on any atom is -0.484 e. The maximum atomic E-state index is 11.3. The molecule has 6 heteroatoms. The highest BCUT2D eigenvalue weighted by molar-refractivity contribution is 5.95. The van der Waals surface area contributed by atoms with Crippen molar-refractivity contribution in [1.82, 2.24) is 0 Å². The van der Waals surface area contributed by atoms with E-state index in [0.29, 0.717) is 0 Å². The summed E-state index contributed by atoms with van der Waals surface area (Å²) in [5, 5.41) is 21.3. The number of ether oxygens (including phenoxy) is 1. The molecule has 0 amide bonds. The first kappa shape index (κ1) is 16.4. The van der Waals surface area contributed by atoms with Crippen LogP contribution in [-0.4, -0.2) is 28.5 Å². The summed E-state index contributed by atoms with van der Waals surface area (Å²) >= 11 is 0. The van der Waals surface area contributed by atoms with Gasteiger partial charge in [0.15, 0.2) is 11.5 Å². The van der Waals surface area contributed by atoms with Gasteiger partial charge in [-0.2, -0.15) is 0 Å². The fraction of sp³-hybridized carbons (Fsp3) is 0.562. The average molecular weight is 307 g/mol. The normalized spacial score (nSPS) is 17.0. The molecule has 1 aliphatic rings. The maximum Gasteiger partial charge on any atom is 0.311 e. The molecule has 0 aliphatic heterocycles. The van der Waals surface area contributed by atoms with Crippen LogP contribution in [0.2, 0.25) is 0 Å². The van der Waals surface area contributed by atoms with E-state index in [1.807, 2.05) is 0 Å². The van der Waals surface area contributed by atoms with Crippen molar-refractivity contribution in [3.05, 3.63) is 33.9 Å². The van der Waals surface area contributed by atoms with Crippen molar-refractivity contribution in [1.29, 1.82) is 0 Å². The van der Waals surface area contributed by atoms with Crippen LogP contribution in [0.1, 0.15) is 49.4 Å². The lowest BCUT2D eigenvalue weighted by Crippen LogP contribution is -2.29. The molecule has 0 radical (unpaired) electrons. The molecule has 1 aromatic carbocycles. The lowest BCUT2D eigenvalue weighted by Gasteiger charge is -2.26. The van der Waals surface area contributed by atoms with Gasteiger partial charge in [0, 0.05) is 11.6 Å². The van der Waals surface area contributed by atoms with Crippen molar-refractivity contribution in [2.24, 2.45) is 5.92 Å². The van der Waals surface area contributed by atoms with Gasteiger partial charge in [-0.3, -0.25) is 14.9 Å². The molecule has 1 aliphatic carbocycles. The topological polar surface area (TPSA) is 89.7 Å². The third-order valence-corrected chi connectivity index (χ3v) is 4.17. The molecule has 0 spiro atoms. The Hall–Kier alpha value is -1.95. The second kappa shape index (κ2) is 7.35. The van der Waals surface area contributed by atoms with Crippen LogP contribution >= 0.6 is 0 Å². The van der Waals surface area contributed by atoms with E-state index >= 15 is 0 Å². The molecule has 120 valence electrons. The molecular formula is C16H21NO5. The van der Waals surface area contributed by atoms with Gasteiger partial charge in [0.2, 0.25) is 0 Å². The monoisotopic (exact) mass is 307 g/mol. The van der Waals surface area contributed by atoms with Crippen molar-refractivity contribution < 1.29 is 19.6 Å². The lowest BCUT2D eigenvalue weighted by atomic mass is 9.85. The molecule has 6 nitrogen and oxygen atoms in total. The molecule has 0 saturated heterocycles. The van der Waals surface area contributed by atoms with E-state index in [1.165, 1.54) is 31.5 Å². The highest BCUT2D eigenvalue weighted by Gasteiger charge is 2.24. The second-order valence-electron chi connectivity index (χ2n) is 5.77. The van der Waals surface area contributed by atoms with Crippen molar-refractivity contribution in [2.75, 3.05) is 6.61 Å². The Labute approximate surface area is 129 Å². The Balaban J connectivity index is 2.05. The number of aliphatic hydroxyl groups excluding tert-OH is 1. The van der Waals surface area contributed by atoms with Crippen LogP contribution < -0.4 is 4.74 Å². The first-order valence-electron chi connectivity index (χ1n) is 7.59. The Morgan fingerprint density at radius 3 is 2.68 bits per heavy atom. The molecule has 1 N–H and O–H groups in total. The summed E-state index contributed by atoms with van der Waals surface area (Å²) in [7, 11) is 0. The van der Waals surface area contributed by atoms with Gasteiger partial charge < -0.3 is 9.84 Å². The largest absolute Gasteiger partial charge is 0.484 e. The minimum atomic E-state index is -0.618. The summed E-state index contributed by atoms with van der Waals surface area (Å²) in [4.78, 5) is 21.8. The van der Waals surface area contributed by atoms with Crippen LogP contribution in [0.4, 0.5) is 5.69 Å². The number of nitro groups is 1. The number of carbonyl (C=O) groups is 1. The zero-order valence-corrected chi connectivity index (χ0v) is 12.7. The number of Topliss-reactive ketones (excluding diaryl/α,β-unsaturated/α-hetero) is 1. The zero-order chi connectivity index (χ0) is 16.1. The maximum absolute atomic E-state index is 11.3. The third-order valence-electron chi connectivity index (χ3n) is 4.17. The number of aliphatic hydroxyl groups is 1. The second-order valence-corrected chi connectivity index (χ2v) is 5.77. The van der Waals surface area contributed by atoms with Gasteiger partial charge in [0.1, 0.15) is 6.61 Å².